The maximum atomic E-state index is 12.9. The van der Waals surface area contributed by atoms with Crippen LogP contribution in [0.5, 0.6) is 5.75 Å². The number of carbonyl (C=O) groups is 4. The highest BCUT2D eigenvalue weighted by Gasteiger charge is 2.55. The third-order valence-corrected chi connectivity index (χ3v) is 5.84. The zero-order chi connectivity index (χ0) is 21.2. The summed E-state index contributed by atoms with van der Waals surface area (Å²) < 4.78 is 10.2. The molecule has 1 aromatic rings. The lowest BCUT2D eigenvalue weighted by molar-refractivity contribution is -0.150. The molecule has 1 saturated carbocycles. The Morgan fingerprint density at radius 2 is 1.93 bits per heavy atom. The molecule has 1 aliphatic heterocycles. The van der Waals surface area contributed by atoms with Gasteiger partial charge < -0.3 is 14.8 Å². The van der Waals surface area contributed by atoms with Gasteiger partial charge in [-0.15, -0.1) is 0 Å². The lowest BCUT2D eigenvalue weighted by Gasteiger charge is -2.36. The van der Waals surface area contributed by atoms with Gasteiger partial charge in [0.2, 0.25) is 5.78 Å². The monoisotopic (exact) mass is 402 g/mol. The van der Waals surface area contributed by atoms with E-state index in [1.165, 1.54) is 14.0 Å². The van der Waals surface area contributed by atoms with Gasteiger partial charge in [0.15, 0.2) is 6.10 Å². The standard InChI is InChI=1S/C21H26N2O6/c1-13-6-4-5-11-21(13)19(26)23(20(27)22-21)12-17(24)29-14(2)18(25)15-7-9-16(28-3)10-8-15/h7-10,13-14H,4-6,11-12H2,1-3H3,(H,22,27)/t13-,14+,21+/m1/s1. The molecule has 0 bridgehead atoms. The van der Waals surface area contributed by atoms with Crippen molar-refractivity contribution in [1.29, 1.82) is 0 Å². The normalized spacial score (nSPS) is 24.9. The molecule has 0 radical (unpaired) electrons. The zero-order valence-corrected chi connectivity index (χ0v) is 16.9. The maximum absolute atomic E-state index is 12.9. The number of imide groups is 1. The lowest BCUT2D eigenvalue weighted by Crippen LogP contribution is -2.54. The number of Topliss-reactive ketones (excluding diaryl/α,β-unsaturated/α-hetero) is 1. The Hall–Kier alpha value is -2.90. The molecule has 1 heterocycles. The minimum Gasteiger partial charge on any atom is -0.497 e. The number of esters is 1. The molecule has 3 rings (SSSR count). The summed E-state index contributed by atoms with van der Waals surface area (Å²) in [6.45, 7) is 2.88. The van der Waals surface area contributed by atoms with Crippen LogP contribution in [0.25, 0.3) is 0 Å². The van der Waals surface area contributed by atoms with E-state index in [0.717, 1.165) is 24.2 Å². The van der Waals surface area contributed by atoms with Crippen molar-refractivity contribution in [3.05, 3.63) is 29.8 Å². The molecule has 1 aromatic carbocycles. The van der Waals surface area contributed by atoms with Gasteiger partial charge >= 0.3 is 12.0 Å². The number of nitrogens with one attached hydrogen (secondary N) is 1. The van der Waals surface area contributed by atoms with E-state index in [2.05, 4.69) is 5.32 Å². The summed E-state index contributed by atoms with van der Waals surface area (Å²) in [5, 5.41) is 2.79. The van der Waals surface area contributed by atoms with Gasteiger partial charge in [-0.2, -0.15) is 0 Å². The number of carbonyl (C=O) groups excluding carboxylic acids is 4. The van der Waals surface area contributed by atoms with Gasteiger partial charge in [0.1, 0.15) is 17.8 Å². The van der Waals surface area contributed by atoms with E-state index in [1.54, 1.807) is 24.3 Å². The Bertz CT molecular complexity index is 821. The number of ether oxygens (including phenoxy) is 2. The SMILES string of the molecule is COc1ccc(C(=O)[C@H](C)OC(=O)CN2C(=O)N[C@]3(CCCC[C@H]3C)C2=O)cc1. The molecule has 3 atom stereocenters. The number of hydrogen-bond acceptors (Lipinski definition) is 6. The average Bonchev–Trinajstić information content (AvgIpc) is 2.94. The van der Waals surface area contributed by atoms with Crippen LogP contribution < -0.4 is 10.1 Å². The van der Waals surface area contributed by atoms with Crippen LogP contribution >= 0.6 is 0 Å². The number of amides is 3. The van der Waals surface area contributed by atoms with E-state index in [0.29, 0.717) is 17.7 Å². The molecule has 3 amide bonds. The summed E-state index contributed by atoms with van der Waals surface area (Å²) in [4.78, 5) is 50.9. The van der Waals surface area contributed by atoms with Crippen molar-refractivity contribution in [3.8, 4) is 5.75 Å². The zero-order valence-electron chi connectivity index (χ0n) is 16.9. The second kappa shape index (κ2) is 8.23. The third-order valence-electron chi connectivity index (χ3n) is 5.84. The third kappa shape index (κ3) is 3.97. The molecule has 1 aliphatic carbocycles. The number of methoxy groups -OCH3 is 1. The Morgan fingerprint density at radius 1 is 1.24 bits per heavy atom. The predicted molar refractivity (Wildman–Crippen MR) is 103 cm³/mol. The van der Waals surface area contributed by atoms with Gasteiger partial charge in [-0.1, -0.05) is 19.8 Å². The van der Waals surface area contributed by atoms with Crippen molar-refractivity contribution in [2.45, 2.75) is 51.2 Å². The van der Waals surface area contributed by atoms with Crippen molar-refractivity contribution in [3.63, 3.8) is 0 Å². The second-order valence-electron chi connectivity index (χ2n) is 7.66. The number of rotatable bonds is 6. The molecule has 156 valence electrons. The molecule has 8 nitrogen and oxygen atoms in total. The van der Waals surface area contributed by atoms with Crippen molar-refractivity contribution in [2.75, 3.05) is 13.7 Å². The Morgan fingerprint density at radius 3 is 2.55 bits per heavy atom. The number of nitrogens with zero attached hydrogens (tertiary/aromatic N) is 1. The van der Waals surface area contributed by atoms with E-state index >= 15 is 0 Å². The highest BCUT2D eigenvalue weighted by atomic mass is 16.5. The Labute approximate surface area is 169 Å². The highest BCUT2D eigenvalue weighted by molar-refractivity contribution is 6.09. The summed E-state index contributed by atoms with van der Waals surface area (Å²) in [7, 11) is 1.52. The largest absolute Gasteiger partial charge is 0.497 e. The molecule has 2 aliphatic rings. The molecule has 1 spiro atoms. The first-order chi connectivity index (χ1) is 13.8. The van der Waals surface area contributed by atoms with E-state index in [1.807, 2.05) is 6.92 Å². The van der Waals surface area contributed by atoms with Crippen molar-refractivity contribution < 1.29 is 28.7 Å². The van der Waals surface area contributed by atoms with E-state index in [4.69, 9.17) is 9.47 Å². The summed E-state index contributed by atoms with van der Waals surface area (Å²) in [6.07, 6.45) is 2.23. The van der Waals surface area contributed by atoms with Crippen molar-refractivity contribution in [2.24, 2.45) is 5.92 Å². The molecule has 29 heavy (non-hydrogen) atoms. The van der Waals surface area contributed by atoms with Gasteiger partial charge in [0.05, 0.1) is 7.11 Å². The highest BCUT2D eigenvalue weighted by Crippen LogP contribution is 2.38. The van der Waals surface area contributed by atoms with E-state index in [9.17, 15) is 19.2 Å². The van der Waals surface area contributed by atoms with Crippen LogP contribution in [-0.4, -0.2) is 53.9 Å². The van der Waals surface area contributed by atoms with Crippen molar-refractivity contribution in [1.82, 2.24) is 10.2 Å². The van der Waals surface area contributed by atoms with Crippen LogP contribution in [0.2, 0.25) is 0 Å². The van der Waals surface area contributed by atoms with Gasteiger partial charge in [-0.3, -0.25) is 19.3 Å². The first kappa shape index (κ1) is 20.8. The predicted octanol–water partition coefficient (Wildman–Crippen LogP) is 2.31. The van der Waals surface area contributed by atoms with Crippen LogP contribution in [-0.2, 0) is 14.3 Å². The number of hydrogen-bond donors (Lipinski definition) is 1. The van der Waals surface area contributed by atoms with Crippen LogP contribution in [0.4, 0.5) is 4.79 Å². The minimum atomic E-state index is -1.04. The minimum absolute atomic E-state index is 0.00398. The summed E-state index contributed by atoms with van der Waals surface area (Å²) in [5.74, 6) is -0.959. The van der Waals surface area contributed by atoms with E-state index < -0.39 is 30.2 Å². The fourth-order valence-electron chi connectivity index (χ4n) is 4.05. The van der Waals surface area contributed by atoms with E-state index in [-0.39, 0.29) is 17.6 Å². The summed E-state index contributed by atoms with van der Waals surface area (Å²) in [5.41, 5.74) is -0.559. The maximum Gasteiger partial charge on any atom is 0.326 e. The average molecular weight is 402 g/mol. The molecule has 2 fully saturated rings. The first-order valence-corrected chi connectivity index (χ1v) is 9.80. The Balaban J connectivity index is 1.61. The summed E-state index contributed by atoms with van der Waals surface area (Å²) in [6, 6.07) is 5.85. The fourth-order valence-corrected chi connectivity index (χ4v) is 4.05. The molecule has 1 saturated heterocycles. The van der Waals surface area contributed by atoms with Gasteiger partial charge in [0, 0.05) is 5.56 Å². The molecule has 8 heteroatoms. The summed E-state index contributed by atoms with van der Waals surface area (Å²) >= 11 is 0. The second-order valence-corrected chi connectivity index (χ2v) is 7.66. The van der Waals surface area contributed by atoms with Crippen LogP contribution in [0, 0.1) is 5.92 Å². The first-order valence-electron chi connectivity index (χ1n) is 9.80. The van der Waals surface area contributed by atoms with Gasteiger partial charge in [0.25, 0.3) is 5.91 Å². The number of urea groups is 1. The molecule has 1 N–H and O–H groups in total. The molecular formula is C21H26N2O6. The lowest BCUT2D eigenvalue weighted by atomic mass is 9.73. The topological polar surface area (TPSA) is 102 Å². The fraction of sp³-hybridized carbons (Fsp3) is 0.524. The van der Waals surface area contributed by atoms with Gasteiger partial charge in [-0.05, 0) is 49.9 Å². The molecule has 0 unspecified atom stereocenters. The van der Waals surface area contributed by atoms with Crippen LogP contribution in [0.3, 0.4) is 0 Å². The number of ketones is 1. The molecule has 0 aromatic heterocycles. The molecular weight excluding hydrogens is 376 g/mol. The van der Waals surface area contributed by atoms with Crippen molar-refractivity contribution >= 4 is 23.7 Å². The van der Waals surface area contributed by atoms with Crippen LogP contribution in [0.1, 0.15) is 49.9 Å². The quantitative estimate of drug-likeness (QED) is 0.445. The van der Waals surface area contributed by atoms with Gasteiger partial charge in [-0.25, -0.2) is 4.79 Å². The van der Waals surface area contributed by atoms with Crippen LogP contribution in [0.15, 0.2) is 24.3 Å². The number of benzene rings is 1. The smallest absolute Gasteiger partial charge is 0.326 e. The Kier molecular flexibility index (Phi) is 5.91.